The number of benzene rings is 1. The summed E-state index contributed by atoms with van der Waals surface area (Å²) in [6.45, 7) is 2.83. The van der Waals surface area contributed by atoms with Crippen LogP contribution in [-0.2, 0) is 16.0 Å². The van der Waals surface area contributed by atoms with Gasteiger partial charge < -0.3 is 19.7 Å². The van der Waals surface area contributed by atoms with Crippen molar-refractivity contribution in [2.75, 3.05) is 25.2 Å². The van der Waals surface area contributed by atoms with Gasteiger partial charge in [0, 0.05) is 43.5 Å². The number of carbonyl (C=O) groups excluding carboxylic acids is 3. The first-order valence-electron chi connectivity index (χ1n) is 10.4. The monoisotopic (exact) mass is 423 g/mol. The Morgan fingerprint density at radius 3 is 2.58 bits per heavy atom. The van der Waals surface area contributed by atoms with E-state index in [2.05, 4.69) is 10.3 Å². The average molecular weight is 423 g/mol. The molecule has 4 rings (SSSR count). The molecule has 0 bridgehead atoms. The van der Waals surface area contributed by atoms with E-state index in [1.54, 1.807) is 24.5 Å². The number of ketones is 1. The molecule has 0 radical (unpaired) electrons. The Morgan fingerprint density at radius 2 is 1.90 bits per heavy atom. The smallest absolute Gasteiger partial charge is 0.231 e. The number of hydrogen-bond acceptors (Lipinski definition) is 6. The van der Waals surface area contributed by atoms with Crippen molar-refractivity contribution in [3.8, 4) is 11.5 Å². The van der Waals surface area contributed by atoms with E-state index in [9.17, 15) is 14.4 Å². The molecule has 3 heterocycles. The maximum absolute atomic E-state index is 12.6. The summed E-state index contributed by atoms with van der Waals surface area (Å²) < 4.78 is 10.7. The summed E-state index contributed by atoms with van der Waals surface area (Å²) in [4.78, 5) is 43.0. The number of aromatic nitrogens is 1. The van der Waals surface area contributed by atoms with Crippen LogP contribution < -0.4 is 14.8 Å². The zero-order valence-corrected chi connectivity index (χ0v) is 17.4. The highest BCUT2D eigenvalue weighted by molar-refractivity contribution is 6.04. The van der Waals surface area contributed by atoms with E-state index in [0.717, 1.165) is 18.4 Å². The number of nitrogens with one attached hydrogen (secondary N) is 1. The van der Waals surface area contributed by atoms with Crippen molar-refractivity contribution in [3.63, 3.8) is 0 Å². The highest BCUT2D eigenvalue weighted by atomic mass is 16.7. The van der Waals surface area contributed by atoms with E-state index in [-0.39, 0.29) is 30.3 Å². The number of rotatable bonds is 6. The van der Waals surface area contributed by atoms with E-state index in [1.807, 2.05) is 17.0 Å². The molecule has 0 saturated carbocycles. The van der Waals surface area contributed by atoms with Gasteiger partial charge >= 0.3 is 0 Å². The molecule has 0 spiro atoms. The lowest BCUT2D eigenvalue weighted by molar-refractivity contribution is -0.131. The summed E-state index contributed by atoms with van der Waals surface area (Å²) in [7, 11) is 0. The highest BCUT2D eigenvalue weighted by Crippen LogP contribution is 2.37. The number of piperidine rings is 1. The van der Waals surface area contributed by atoms with Gasteiger partial charge in [0.2, 0.25) is 18.6 Å². The van der Waals surface area contributed by atoms with Crippen molar-refractivity contribution in [3.05, 3.63) is 47.8 Å². The zero-order chi connectivity index (χ0) is 21.8. The van der Waals surface area contributed by atoms with Gasteiger partial charge in [-0.3, -0.25) is 19.4 Å². The molecular weight excluding hydrogens is 398 g/mol. The van der Waals surface area contributed by atoms with E-state index in [0.29, 0.717) is 48.7 Å². The molecule has 1 saturated heterocycles. The predicted molar refractivity (Wildman–Crippen MR) is 113 cm³/mol. The number of likely N-dealkylation sites (tertiary alicyclic amines) is 1. The number of amides is 2. The SMILES string of the molecule is CC(=O)c1cc2c(cc1NC(=O)CC1CCN(C(=O)Cc3cccnc3)CC1)OCO2. The second-order valence-corrected chi connectivity index (χ2v) is 7.92. The van der Waals surface area contributed by atoms with Gasteiger partial charge in [-0.15, -0.1) is 0 Å². The lowest BCUT2D eigenvalue weighted by Gasteiger charge is -2.32. The molecule has 2 aliphatic heterocycles. The minimum absolute atomic E-state index is 0.0855. The van der Waals surface area contributed by atoms with Gasteiger partial charge in [0.05, 0.1) is 12.1 Å². The van der Waals surface area contributed by atoms with Crippen LogP contribution in [0.15, 0.2) is 36.7 Å². The van der Waals surface area contributed by atoms with Gasteiger partial charge in [0.1, 0.15) is 0 Å². The van der Waals surface area contributed by atoms with Crippen LogP contribution in [0.5, 0.6) is 11.5 Å². The number of nitrogens with zero attached hydrogens (tertiary/aromatic N) is 2. The lowest BCUT2D eigenvalue weighted by Crippen LogP contribution is -2.40. The van der Waals surface area contributed by atoms with Gasteiger partial charge in [0.25, 0.3) is 0 Å². The van der Waals surface area contributed by atoms with Crippen molar-refractivity contribution >= 4 is 23.3 Å². The van der Waals surface area contributed by atoms with E-state index >= 15 is 0 Å². The molecule has 2 aliphatic rings. The van der Waals surface area contributed by atoms with Crippen LogP contribution in [0.4, 0.5) is 5.69 Å². The van der Waals surface area contributed by atoms with Crippen LogP contribution in [0, 0.1) is 5.92 Å². The van der Waals surface area contributed by atoms with Crippen LogP contribution in [0.2, 0.25) is 0 Å². The lowest BCUT2D eigenvalue weighted by atomic mass is 9.92. The first-order chi connectivity index (χ1) is 15.0. The second kappa shape index (κ2) is 9.16. The first-order valence-corrected chi connectivity index (χ1v) is 10.4. The van der Waals surface area contributed by atoms with Crippen LogP contribution in [-0.4, -0.2) is 47.4 Å². The summed E-state index contributed by atoms with van der Waals surface area (Å²) in [5.74, 6) is 0.988. The number of hydrogen-bond donors (Lipinski definition) is 1. The molecule has 8 nitrogen and oxygen atoms in total. The Morgan fingerprint density at radius 1 is 1.16 bits per heavy atom. The molecule has 0 aliphatic carbocycles. The fourth-order valence-electron chi connectivity index (χ4n) is 3.98. The maximum Gasteiger partial charge on any atom is 0.231 e. The van der Waals surface area contributed by atoms with E-state index in [4.69, 9.17) is 9.47 Å². The van der Waals surface area contributed by atoms with Crippen molar-refractivity contribution in [2.24, 2.45) is 5.92 Å². The van der Waals surface area contributed by atoms with E-state index < -0.39 is 0 Å². The summed E-state index contributed by atoms with van der Waals surface area (Å²) >= 11 is 0. The van der Waals surface area contributed by atoms with Crippen molar-refractivity contribution in [2.45, 2.75) is 32.6 Å². The summed E-state index contributed by atoms with van der Waals surface area (Å²) in [6, 6.07) is 6.96. The fraction of sp³-hybridized carbons (Fsp3) is 0.391. The molecule has 1 aromatic heterocycles. The Kier molecular flexibility index (Phi) is 6.16. The molecule has 1 fully saturated rings. The molecule has 2 aromatic rings. The van der Waals surface area contributed by atoms with Crippen LogP contribution in [0.25, 0.3) is 0 Å². The van der Waals surface area contributed by atoms with Crippen LogP contribution in [0.3, 0.4) is 0 Å². The largest absolute Gasteiger partial charge is 0.454 e. The van der Waals surface area contributed by atoms with Crippen molar-refractivity contribution in [1.29, 1.82) is 0 Å². The van der Waals surface area contributed by atoms with Gasteiger partial charge in [-0.1, -0.05) is 6.07 Å². The molecule has 0 atom stereocenters. The third-order valence-electron chi connectivity index (χ3n) is 5.69. The van der Waals surface area contributed by atoms with Gasteiger partial charge in [-0.2, -0.15) is 0 Å². The number of carbonyl (C=O) groups is 3. The molecule has 0 unspecified atom stereocenters. The topological polar surface area (TPSA) is 97.8 Å². The Hall–Kier alpha value is -3.42. The van der Waals surface area contributed by atoms with Crippen molar-refractivity contribution < 1.29 is 23.9 Å². The van der Waals surface area contributed by atoms with E-state index in [1.165, 1.54) is 6.92 Å². The average Bonchev–Trinajstić information content (AvgIpc) is 3.21. The predicted octanol–water partition coefficient (Wildman–Crippen LogP) is 2.82. The maximum atomic E-state index is 12.6. The number of ether oxygens (including phenoxy) is 2. The number of anilines is 1. The number of Topliss-reactive ketones (excluding diaryl/α,β-unsaturated/α-hetero) is 1. The first kappa shape index (κ1) is 20.8. The fourth-order valence-corrected chi connectivity index (χ4v) is 3.98. The Bertz CT molecular complexity index is 984. The minimum Gasteiger partial charge on any atom is -0.454 e. The standard InChI is InChI=1S/C23H25N3O5/c1-15(27)18-11-20-21(31-14-30-20)12-19(18)25-22(28)9-16-4-7-26(8-5-16)23(29)10-17-3-2-6-24-13-17/h2-3,6,11-13,16H,4-5,7-10,14H2,1H3,(H,25,28). The highest BCUT2D eigenvalue weighted by Gasteiger charge is 2.26. The molecule has 1 aromatic carbocycles. The van der Waals surface area contributed by atoms with Gasteiger partial charge in [-0.25, -0.2) is 0 Å². The van der Waals surface area contributed by atoms with Crippen LogP contribution in [0.1, 0.15) is 42.1 Å². The van der Waals surface area contributed by atoms with Gasteiger partial charge in [0.15, 0.2) is 17.3 Å². The zero-order valence-electron chi connectivity index (χ0n) is 17.4. The summed E-state index contributed by atoms with van der Waals surface area (Å²) in [6.07, 6.45) is 5.63. The molecule has 1 N–H and O–H groups in total. The number of fused-ring (bicyclic) bond motifs is 1. The Labute approximate surface area is 180 Å². The minimum atomic E-state index is -0.158. The third kappa shape index (κ3) is 5.02. The molecule has 31 heavy (non-hydrogen) atoms. The normalized spacial score (nSPS) is 15.6. The number of pyridine rings is 1. The molecule has 2 amide bonds. The Balaban J connectivity index is 1.30. The summed E-state index contributed by atoms with van der Waals surface area (Å²) in [5, 5.41) is 2.85. The quantitative estimate of drug-likeness (QED) is 0.718. The summed E-state index contributed by atoms with van der Waals surface area (Å²) in [5.41, 5.74) is 1.73. The molecule has 8 heteroatoms. The third-order valence-corrected chi connectivity index (χ3v) is 5.69. The molecule has 162 valence electrons. The van der Waals surface area contributed by atoms with Gasteiger partial charge in [-0.05, 0) is 43.4 Å². The van der Waals surface area contributed by atoms with Crippen molar-refractivity contribution in [1.82, 2.24) is 9.88 Å². The second-order valence-electron chi connectivity index (χ2n) is 7.92. The molecular formula is C23H25N3O5. The van der Waals surface area contributed by atoms with Crippen LogP contribution >= 0.6 is 0 Å².